The number of piperazine rings is 1. The van der Waals surface area contributed by atoms with Crippen molar-refractivity contribution in [1.82, 2.24) is 9.88 Å². The quantitative estimate of drug-likeness (QED) is 0.872. The zero-order chi connectivity index (χ0) is 16.9. The van der Waals surface area contributed by atoms with Crippen LogP contribution in [0.15, 0.2) is 42.5 Å². The smallest absolute Gasteiger partial charge is 0.238 e. The van der Waals surface area contributed by atoms with Crippen LogP contribution in [0.25, 0.3) is 0 Å². The summed E-state index contributed by atoms with van der Waals surface area (Å²) in [5, 5.41) is 2.58. The molecule has 126 valence electrons. The summed E-state index contributed by atoms with van der Waals surface area (Å²) in [5.41, 5.74) is 0.185. The fourth-order valence-corrected chi connectivity index (χ4v) is 2.66. The molecule has 1 aromatic carbocycles. The molecule has 1 fully saturated rings. The van der Waals surface area contributed by atoms with E-state index in [2.05, 4.69) is 10.3 Å². The highest BCUT2D eigenvalue weighted by molar-refractivity contribution is 5.92. The van der Waals surface area contributed by atoms with Crippen LogP contribution in [-0.2, 0) is 4.79 Å². The van der Waals surface area contributed by atoms with Crippen LogP contribution in [-0.4, -0.2) is 48.5 Å². The number of nitrogens with one attached hydrogen (secondary N) is 1. The number of nitrogens with zero attached hydrogens (tertiary/aromatic N) is 3. The van der Waals surface area contributed by atoms with Gasteiger partial charge < -0.3 is 10.2 Å². The normalized spacial score (nSPS) is 15.3. The van der Waals surface area contributed by atoms with Crippen LogP contribution in [0, 0.1) is 11.8 Å². The second-order valence-corrected chi connectivity index (χ2v) is 5.61. The molecule has 3 rings (SSSR count). The molecule has 1 aromatic heterocycles. The predicted octanol–water partition coefficient (Wildman–Crippen LogP) is 2.12. The monoisotopic (exact) mass is 332 g/mol. The summed E-state index contributed by atoms with van der Waals surface area (Å²) in [5.74, 6) is -0.602. The van der Waals surface area contributed by atoms with E-state index in [0.717, 1.165) is 0 Å². The van der Waals surface area contributed by atoms with Crippen LogP contribution in [0.2, 0.25) is 0 Å². The van der Waals surface area contributed by atoms with E-state index in [4.69, 9.17) is 0 Å². The Bertz CT molecular complexity index is 717. The lowest BCUT2D eigenvalue weighted by Gasteiger charge is -2.34. The summed E-state index contributed by atoms with van der Waals surface area (Å²) in [7, 11) is 0. The minimum absolute atomic E-state index is 0.185. The second kappa shape index (κ2) is 7.35. The SMILES string of the molecule is O=C(CN1CCN(c2cccc(F)n2)CC1)Nc1ccccc1F. The summed E-state index contributed by atoms with van der Waals surface area (Å²) < 4.78 is 26.7. The van der Waals surface area contributed by atoms with Crippen molar-refractivity contribution in [1.29, 1.82) is 0 Å². The van der Waals surface area contributed by atoms with Gasteiger partial charge in [-0.3, -0.25) is 9.69 Å². The number of amides is 1. The van der Waals surface area contributed by atoms with Crippen LogP contribution in [0.5, 0.6) is 0 Å². The number of halogens is 2. The molecule has 0 radical (unpaired) electrons. The maximum atomic E-state index is 13.5. The van der Waals surface area contributed by atoms with Gasteiger partial charge in [-0.15, -0.1) is 0 Å². The van der Waals surface area contributed by atoms with E-state index in [0.29, 0.717) is 32.0 Å². The summed E-state index contributed by atoms with van der Waals surface area (Å²) >= 11 is 0. The highest BCUT2D eigenvalue weighted by Gasteiger charge is 2.20. The van der Waals surface area contributed by atoms with Gasteiger partial charge in [0.05, 0.1) is 12.2 Å². The van der Waals surface area contributed by atoms with Crippen LogP contribution in [0.4, 0.5) is 20.3 Å². The third-order valence-electron chi connectivity index (χ3n) is 3.91. The molecule has 0 bridgehead atoms. The van der Waals surface area contributed by atoms with Crippen molar-refractivity contribution >= 4 is 17.4 Å². The van der Waals surface area contributed by atoms with E-state index in [1.165, 1.54) is 18.2 Å². The van der Waals surface area contributed by atoms with E-state index >= 15 is 0 Å². The summed E-state index contributed by atoms with van der Waals surface area (Å²) in [6.07, 6.45) is 0. The number of rotatable bonds is 4. The standard InChI is InChI=1S/C17H18F2N4O/c18-13-4-1-2-5-14(13)20-17(24)12-22-8-10-23(11-9-22)16-7-3-6-15(19)21-16/h1-7H,8-12H2,(H,20,24). The number of pyridine rings is 1. The van der Waals surface area contributed by atoms with Crippen molar-refractivity contribution in [3.05, 3.63) is 54.2 Å². The Morgan fingerprint density at radius 1 is 1.04 bits per heavy atom. The van der Waals surface area contributed by atoms with Crippen molar-refractivity contribution in [2.45, 2.75) is 0 Å². The maximum absolute atomic E-state index is 13.5. The highest BCUT2D eigenvalue weighted by Crippen LogP contribution is 2.15. The van der Waals surface area contributed by atoms with Gasteiger partial charge in [0.2, 0.25) is 11.9 Å². The largest absolute Gasteiger partial charge is 0.354 e. The first-order valence-corrected chi connectivity index (χ1v) is 7.76. The predicted molar refractivity (Wildman–Crippen MR) is 87.9 cm³/mol. The number of hydrogen-bond acceptors (Lipinski definition) is 4. The van der Waals surface area contributed by atoms with Gasteiger partial charge in [-0.1, -0.05) is 18.2 Å². The van der Waals surface area contributed by atoms with Crippen molar-refractivity contribution in [3.8, 4) is 0 Å². The number of para-hydroxylation sites is 1. The van der Waals surface area contributed by atoms with Crippen LogP contribution in [0.3, 0.4) is 0 Å². The Balaban J connectivity index is 1.50. The molecule has 1 saturated heterocycles. The van der Waals surface area contributed by atoms with Crippen LogP contribution < -0.4 is 10.2 Å². The lowest BCUT2D eigenvalue weighted by molar-refractivity contribution is -0.117. The maximum Gasteiger partial charge on any atom is 0.238 e. The Morgan fingerprint density at radius 3 is 2.50 bits per heavy atom. The van der Waals surface area contributed by atoms with Gasteiger partial charge in [-0.2, -0.15) is 4.39 Å². The molecule has 0 saturated carbocycles. The molecule has 1 aliphatic rings. The molecule has 5 nitrogen and oxygen atoms in total. The number of aromatic nitrogens is 1. The first kappa shape index (κ1) is 16.3. The first-order chi connectivity index (χ1) is 11.6. The Morgan fingerprint density at radius 2 is 1.79 bits per heavy atom. The zero-order valence-electron chi connectivity index (χ0n) is 13.1. The molecule has 7 heteroatoms. The number of carbonyl (C=O) groups is 1. The number of benzene rings is 1. The Kier molecular flexibility index (Phi) is 5.00. The first-order valence-electron chi connectivity index (χ1n) is 7.76. The lowest BCUT2D eigenvalue weighted by atomic mass is 10.3. The number of carbonyl (C=O) groups excluding carboxylic acids is 1. The minimum Gasteiger partial charge on any atom is -0.354 e. The van der Waals surface area contributed by atoms with Gasteiger partial charge in [0.1, 0.15) is 11.6 Å². The molecule has 0 aliphatic carbocycles. The lowest BCUT2D eigenvalue weighted by Crippen LogP contribution is -2.49. The van der Waals surface area contributed by atoms with Gasteiger partial charge in [-0.05, 0) is 24.3 Å². The van der Waals surface area contributed by atoms with Crippen LogP contribution >= 0.6 is 0 Å². The Hall–Kier alpha value is -2.54. The summed E-state index contributed by atoms with van der Waals surface area (Å²) in [6, 6.07) is 10.8. The third-order valence-corrected chi connectivity index (χ3v) is 3.91. The van der Waals surface area contributed by atoms with Gasteiger partial charge in [0, 0.05) is 26.2 Å². The van der Waals surface area contributed by atoms with Crippen molar-refractivity contribution in [3.63, 3.8) is 0 Å². The fraction of sp³-hybridized carbons (Fsp3) is 0.294. The number of hydrogen-bond donors (Lipinski definition) is 1. The molecule has 0 atom stereocenters. The van der Waals surface area contributed by atoms with Gasteiger partial charge in [-0.25, -0.2) is 9.37 Å². The second-order valence-electron chi connectivity index (χ2n) is 5.61. The van der Waals surface area contributed by atoms with E-state index in [1.54, 1.807) is 24.3 Å². The summed E-state index contributed by atoms with van der Waals surface area (Å²) in [6.45, 7) is 2.82. The molecule has 2 heterocycles. The zero-order valence-corrected chi connectivity index (χ0v) is 13.1. The molecule has 0 unspecified atom stereocenters. The fourth-order valence-electron chi connectivity index (χ4n) is 2.66. The van der Waals surface area contributed by atoms with Crippen molar-refractivity contribution < 1.29 is 13.6 Å². The van der Waals surface area contributed by atoms with E-state index in [9.17, 15) is 13.6 Å². The van der Waals surface area contributed by atoms with Crippen molar-refractivity contribution in [2.24, 2.45) is 0 Å². The van der Waals surface area contributed by atoms with Crippen molar-refractivity contribution in [2.75, 3.05) is 42.9 Å². The molecule has 24 heavy (non-hydrogen) atoms. The van der Waals surface area contributed by atoms with E-state index < -0.39 is 11.8 Å². The summed E-state index contributed by atoms with van der Waals surface area (Å²) in [4.78, 5) is 19.9. The molecule has 2 aromatic rings. The third kappa shape index (κ3) is 4.05. The molecule has 1 amide bonds. The average molecular weight is 332 g/mol. The van der Waals surface area contributed by atoms with Crippen LogP contribution in [0.1, 0.15) is 0 Å². The molecular formula is C17H18F2N4O. The highest BCUT2D eigenvalue weighted by atomic mass is 19.1. The number of anilines is 2. The molecule has 1 N–H and O–H groups in total. The Labute approximate surface area is 138 Å². The molecule has 0 spiro atoms. The average Bonchev–Trinajstić information content (AvgIpc) is 2.58. The molecule has 1 aliphatic heterocycles. The molecular weight excluding hydrogens is 314 g/mol. The topological polar surface area (TPSA) is 48.5 Å². The van der Waals surface area contributed by atoms with Gasteiger partial charge >= 0.3 is 0 Å². The van der Waals surface area contributed by atoms with E-state index in [-0.39, 0.29) is 18.1 Å². The minimum atomic E-state index is -0.501. The van der Waals surface area contributed by atoms with Gasteiger partial charge in [0.25, 0.3) is 0 Å². The van der Waals surface area contributed by atoms with Gasteiger partial charge in [0.15, 0.2) is 0 Å². The van der Waals surface area contributed by atoms with E-state index in [1.807, 2.05) is 9.80 Å².